The molecule has 0 N–H and O–H groups in total. The van der Waals surface area contributed by atoms with Gasteiger partial charge in [0.15, 0.2) is 11.5 Å². The number of carbonyl (C=O) groups is 1. The fourth-order valence-corrected chi connectivity index (χ4v) is 3.45. The zero-order valence-electron chi connectivity index (χ0n) is 16.0. The summed E-state index contributed by atoms with van der Waals surface area (Å²) in [6.07, 6.45) is 0.323. The molecule has 144 valence electrons. The molecular formula is C21H21N3O4. The molecule has 0 radical (unpaired) electrons. The second-order valence-corrected chi connectivity index (χ2v) is 6.72. The van der Waals surface area contributed by atoms with Crippen molar-refractivity contribution in [3.05, 3.63) is 53.9 Å². The number of rotatable bonds is 5. The van der Waals surface area contributed by atoms with Crippen LogP contribution in [0.1, 0.15) is 23.8 Å². The van der Waals surface area contributed by atoms with E-state index in [9.17, 15) is 4.79 Å². The number of nitrogens with zero attached hydrogens (tertiary/aromatic N) is 3. The summed E-state index contributed by atoms with van der Waals surface area (Å²) >= 11 is 0. The third-order valence-electron chi connectivity index (χ3n) is 4.98. The Morgan fingerprint density at radius 1 is 1.11 bits per heavy atom. The molecule has 2 aromatic carbocycles. The molecular weight excluding hydrogens is 358 g/mol. The van der Waals surface area contributed by atoms with Crippen LogP contribution in [0.5, 0.6) is 11.5 Å². The second-order valence-electron chi connectivity index (χ2n) is 6.72. The molecule has 0 aliphatic carbocycles. The van der Waals surface area contributed by atoms with Crippen LogP contribution in [0.25, 0.3) is 11.4 Å². The Hall–Kier alpha value is -3.35. The fourth-order valence-electron chi connectivity index (χ4n) is 3.45. The van der Waals surface area contributed by atoms with Crippen LogP contribution in [-0.4, -0.2) is 36.8 Å². The number of amides is 1. The smallest absolute Gasteiger partial charge is 0.232 e. The molecule has 1 aliphatic rings. The quantitative estimate of drug-likeness (QED) is 0.674. The summed E-state index contributed by atoms with van der Waals surface area (Å²) < 4.78 is 16.1. The molecule has 7 nitrogen and oxygen atoms in total. The Morgan fingerprint density at radius 2 is 1.89 bits per heavy atom. The van der Waals surface area contributed by atoms with Crippen LogP contribution >= 0.6 is 0 Å². The van der Waals surface area contributed by atoms with Gasteiger partial charge in [0.2, 0.25) is 17.6 Å². The molecule has 1 aliphatic heterocycles. The highest BCUT2D eigenvalue weighted by atomic mass is 16.5. The lowest BCUT2D eigenvalue weighted by molar-refractivity contribution is -0.117. The van der Waals surface area contributed by atoms with Crippen LogP contribution in [0.2, 0.25) is 0 Å². The summed E-state index contributed by atoms with van der Waals surface area (Å²) in [5, 5.41) is 4.11. The molecule has 1 amide bonds. The highest BCUT2D eigenvalue weighted by Gasteiger charge is 2.35. The van der Waals surface area contributed by atoms with E-state index in [2.05, 4.69) is 10.1 Å². The van der Waals surface area contributed by atoms with Crippen LogP contribution in [0.4, 0.5) is 5.69 Å². The number of hydrogen-bond donors (Lipinski definition) is 0. The maximum atomic E-state index is 12.6. The van der Waals surface area contributed by atoms with Gasteiger partial charge in [0, 0.05) is 30.3 Å². The number of anilines is 1. The predicted molar refractivity (Wildman–Crippen MR) is 104 cm³/mol. The molecule has 1 saturated heterocycles. The van der Waals surface area contributed by atoms with Gasteiger partial charge in [0.25, 0.3) is 0 Å². The van der Waals surface area contributed by atoms with Crippen LogP contribution in [0.3, 0.4) is 0 Å². The molecule has 7 heteroatoms. The lowest BCUT2D eigenvalue weighted by Gasteiger charge is -2.18. The molecule has 28 heavy (non-hydrogen) atoms. The van der Waals surface area contributed by atoms with Crippen molar-refractivity contribution in [3.8, 4) is 22.9 Å². The maximum absolute atomic E-state index is 12.6. The highest BCUT2D eigenvalue weighted by Crippen LogP contribution is 2.36. The monoisotopic (exact) mass is 379 g/mol. The van der Waals surface area contributed by atoms with E-state index >= 15 is 0 Å². The number of benzene rings is 2. The third-order valence-corrected chi connectivity index (χ3v) is 4.98. The van der Waals surface area contributed by atoms with Crippen molar-refractivity contribution < 1.29 is 18.8 Å². The second kappa shape index (κ2) is 7.34. The van der Waals surface area contributed by atoms with Crippen molar-refractivity contribution in [1.82, 2.24) is 10.1 Å². The van der Waals surface area contributed by atoms with Crippen LogP contribution < -0.4 is 14.4 Å². The number of methoxy groups -OCH3 is 2. The molecule has 1 aromatic heterocycles. The van der Waals surface area contributed by atoms with Crippen LogP contribution in [0.15, 0.2) is 47.0 Å². The summed E-state index contributed by atoms with van der Waals surface area (Å²) in [4.78, 5) is 18.9. The molecule has 1 atom stereocenters. The Bertz CT molecular complexity index is 1010. The average Bonchev–Trinajstić information content (AvgIpc) is 3.34. The maximum Gasteiger partial charge on any atom is 0.232 e. The number of hydrogen-bond acceptors (Lipinski definition) is 6. The normalized spacial score (nSPS) is 16.5. The van der Waals surface area contributed by atoms with E-state index in [1.807, 2.05) is 37.3 Å². The first-order valence-corrected chi connectivity index (χ1v) is 9.02. The van der Waals surface area contributed by atoms with E-state index < -0.39 is 0 Å². The first kappa shape index (κ1) is 18.0. The average molecular weight is 379 g/mol. The van der Waals surface area contributed by atoms with Crippen molar-refractivity contribution in [2.75, 3.05) is 25.7 Å². The molecule has 0 unspecified atom stereocenters. The Morgan fingerprint density at radius 3 is 2.64 bits per heavy atom. The Labute approximate surface area is 162 Å². The predicted octanol–water partition coefficient (Wildman–Crippen LogP) is 3.58. The van der Waals surface area contributed by atoms with Gasteiger partial charge in [-0.2, -0.15) is 4.98 Å². The summed E-state index contributed by atoms with van der Waals surface area (Å²) in [6, 6.07) is 13.3. The minimum absolute atomic E-state index is 0.00728. The molecule has 0 saturated carbocycles. The van der Waals surface area contributed by atoms with Gasteiger partial charge in [-0.15, -0.1) is 0 Å². The van der Waals surface area contributed by atoms with Crippen LogP contribution in [0, 0.1) is 6.92 Å². The SMILES string of the molecule is COc1ccc(N2C[C@H](c3nc(-c4ccccc4C)no3)CC2=O)cc1OC. The summed E-state index contributed by atoms with van der Waals surface area (Å²) in [5.74, 6) is 2.09. The molecule has 2 heterocycles. The number of aryl methyl sites for hydroxylation is 1. The van der Waals surface area contributed by atoms with Gasteiger partial charge in [0.1, 0.15) is 0 Å². The van der Waals surface area contributed by atoms with Crippen molar-refractivity contribution in [3.63, 3.8) is 0 Å². The van der Waals surface area contributed by atoms with E-state index in [1.54, 1.807) is 31.3 Å². The van der Waals surface area contributed by atoms with Gasteiger partial charge in [-0.3, -0.25) is 4.79 Å². The molecule has 3 aromatic rings. The topological polar surface area (TPSA) is 77.7 Å². The number of carbonyl (C=O) groups excluding carboxylic acids is 1. The first-order valence-electron chi connectivity index (χ1n) is 9.02. The number of ether oxygens (including phenoxy) is 2. The summed E-state index contributed by atoms with van der Waals surface area (Å²) in [7, 11) is 3.15. The summed E-state index contributed by atoms with van der Waals surface area (Å²) in [5.41, 5.74) is 2.76. The van der Waals surface area contributed by atoms with Crippen molar-refractivity contribution in [2.24, 2.45) is 0 Å². The summed E-state index contributed by atoms with van der Waals surface area (Å²) in [6.45, 7) is 2.48. The minimum atomic E-state index is -0.147. The van der Waals surface area contributed by atoms with E-state index in [1.165, 1.54) is 0 Å². The van der Waals surface area contributed by atoms with Crippen molar-refractivity contribution in [2.45, 2.75) is 19.3 Å². The van der Waals surface area contributed by atoms with Gasteiger partial charge in [-0.25, -0.2) is 0 Å². The van der Waals surface area contributed by atoms with E-state index in [0.29, 0.717) is 36.2 Å². The Balaban J connectivity index is 1.57. The van der Waals surface area contributed by atoms with Gasteiger partial charge < -0.3 is 18.9 Å². The zero-order valence-corrected chi connectivity index (χ0v) is 16.0. The minimum Gasteiger partial charge on any atom is -0.493 e. The first-order chi connectivity index (χ1) is 13.6. The number of aromatic nitrogens is 2. The molecule has 0 bridgehead atoms. The zero-order chi connectivity index (χ0) is 19.7. The van der Waals surface area contributed by atoms with E-state index in [-0.39, 0.29) is 11.8 Å². The van der Waals surface area contributed by atoms with Gasteiger partial charge >= 0.3 is 0 Å². The molecule has 4 rings (SSSR count). The Kier molecular flexibility index (Phi) is 4.73. The highest BCUT2D eigenvalue weighted by molar-refractivity contribution is 5.96. The van der Waals surface area contributed by atoms with Crippen molar-refractivity contribution in [1.29, 1.82) is 0 Å². The van der Waals surface area contributed by atoms with E-state index in [0.717, 1.165) is 16.8 Å². The third kappa shape index (κ3) is 3.19. The van der Waals surface area contributed by atoms with Crippen molar-refractivity contribution >= 4 is 11.6 Å². The molecule has 1 fully saturated rings. The van der Waals surface area contributed by atoms with Gasteiger partial charge in [-0.05, 0) is 24.6 Å². The standard InChI is InChI=1S/C21H21N3O4/c1-13-6-4-5-7-16(13)20-22-21(28-23-20)14-10-19(25)24(12-14)15-8-9-17(26-2)18(11-15)27-3/h4-9,11,14H,10,12H2,1-3H3/t14-/m1/s1. The van der Waals surface area contributed by atoms with Crippen LogP contribution in [-0.2, 0) is 4.79 Å². The van der Waals surface area contributed by atoms with E-state index in [4.69, 9.17) is 14.0 Å². The lowest BCUT2D eigenvalue weighted by atomic mass is 10.1. The van der Waals surface area contributed by atoms with Gasteiger partial charge in [0.05, 0.1) is 20.1 Å². The molecule has 0 spiro atoms. The lowest BCUT2D eigenvalue weighted by Crippen LogP contribution is -2.24. The largest absolute Gasteiger partial charge is 0.493 e. The van der Waals surface area contributed by atoms with Gasteiger partial charge in [-0.1, -0.05) is 29.4 Å². The fraction of sp³-hybridized carbons (Fsp3) is 0.286.